The Labute approximate surface area is 149 Å². The highest BCUT2D eigenvalue weighted by atomic mass is 16.5. The average Bonchev–Trinajstić information content (AvgIpc) is 2.67. The third-order valence-electron chi connectivity index (χ3n) is 4.55. The van der Waals surface area contributed by atoms with Gasteiger partial charge in [-0.15, -0.1) is 0 Å². The number of benzene rings is 2. The lowest BCUT2D eigenvalue weighted by Gasteiger charge is -2.38. The molecule has 0 fully saturated rings. The number of esters is 1. The fourth-order valence-electron chi connectivity index (χ4n) is 2.87. The average molecular weight is 342 g/mol. The summed E-state index contributed by atoms with van der Waals surface area (Å²) in [6.07, 6.45) is 0. The molecule has 3 N–H and O–H groups in total. The van der Waals surface area contributed by atoms with Gasteiger partial charge in [-0.1, -0.05) is 60.7 Å². The van der Waals surface area contributed by atoms with Gasteiger partial charge in [-0.2, -0.15) is 0 Å². The minimum absolute atomic E-state index is 0.207. The van der Waals surface area contributed by atoms with Crippen LogP contribution in [0.4, 0.5) is 0 Å². The van der Waals surface area contributed by atoms with Crippen LogP contribution in [0, 0.1) is 0 Å². The molecule has 2 atom stereocenters. The summed E-state index contributed by atoms with van der Waals surface area (Å²) >= 11 is 0. The van der Waals surface area contributed by atoms with E-state index in [0.29, 0.717) is 13.1 Å². The van der Waals surface area contributed by atoms with E-state index < -0.39 is 17.6 Å². The van der Waals surface area contributed by atoms with Crippen molar-refractivity contribution in [2.75, 3.05) is 13.7 Å². The zero-order valence-corrected chi connectivity index (χ0v) is 14.8. The van der Waals surface area contributed by atoms with E-state index in [0.717, 1.165) is 11.1 Å². The van der Waals surface area contributed by atoms with Gasteiger partial charge in [0.2, 0.25) is 0 Å². The minimum Gasteiger partial charge on any atom is -0.467 e. The number of hydrogen-bond donors (Lipinski definition) is 2. The lowest BCUT2D eigenvalue weighted by atomic mass is 9.93. The van der Waals surface area contributed by atoms with Crippen LogP contribution in [0.15, 0.2) is 60.7 Å². The number of carbonyl (C=O) groups is 1. The molecule has 0 radical (unpaired) electrons. The van der Waals surface area contributed by atoms with Crippen LogP contribution in [0.5, 0.6) is 0 Å². The molecular formula is C20H26N2O3. The number of nitrogens with two attached hydrogens (primary N) is 1. The molecule has 0 spiro atoms. The van der Waals surface area contributed by atoms with Crippen LogP contribution in [0.1, 0.15) is 18.1 Å². The van der Waals surface area contributed by atoms with Gasteiger partial charge in [0.05, 0.1) is 7.11 Å². The minimum atomic E-state index is -1.77. The van der Waals surface area contributed by atoms with Gasteiger partial charge in [-0.3, -0.25) is 4.90 Å². The Morgan fingerprint density at radius 2 is 1.52 bits per heavy atom. The van der Waals surface area contributed by atoms with Crippen molar-refractivity contribution < 1.29 is 14.6 Å². The van der Waals surface area contributed by atoms with Gasteiger partial charge in [0, 0.05) is 25.7 Å². The summed E-state index contributed by atoms with van der Waals surface area (Å²) in [4.78, 5) is 14.2. The van der Waals surface area contributed by atoms with Crippen molar-refractivity contribution in [3.05, 3.63) is 71.8 Å². The van der Waals surface area contributed by atoms with Gasteiger partial charge in [0.25, 0.3) is 0 Å². The zero-order chi connectivity index (χ0) is 18.3. The summed E-state index contributed by atoms with van der Waals surface area (Å²) < 4.78 is 4.78. The molecule has 0 amide bonds. The fraction of sp³-hybridized carbons (Fsp3) is 0.350. The van der Waals surface area contributed by atoms with E-state index in [2.05, 4.69) is 0 Å². The van der Waals surface area contributed by atoms with E-state index in [1.165, 1.54) is 7.11 Å². The molecule has 25 heavy (non-hydrogen) atoms. The van der Waals surface area contributed by atoms with Crippen molar-refractivity contribution in [1.29, 1.82) is 0 Å². The van der Waals surface area contributed by atoms with Crippen molar-refractivity contribution in [3.63, 3.8) is 0 Å². The first kappa shape index (κ1) is 19.1. The van der Waals surface area contributed by atoms with Crippen molar-refractivity contribution in [2.24, 2.45) is 5.73 Å². The van der Waals surface area contributed by atoms with E-state index in [1.54, 1.807) is 6.92 Å². The number of hydrogen-bond acceptors (Lipinski definition) is 5. The van der Waals surface area contributed by atoms with E-state index >= 15 is 0 Å². The Balaban J connectivity index is 2.30. The van der Waals surface area contributed by atoms with E-state index in [-0.39, 0.29) is 6.54 Å². The van der Waals surface area contributed by atoms with E-state index in [9.17, 15) is 9.90 Å². The fourth-order valence-corrected chi connectivity index (χ4v) is 2.87. The largest absolute Gasteiger partial charge is 0.467 e. The van der Waals surface area contributed by atoms with Crippen LogP contribution in [0.2, 0.25) is 0 Å². The van der Waals surface area contributed by atoms with Crippen molar-refractivity contribution in [1.82, 2.24) is 4.90 Å². The normalized spacial score (nSPS) is 14.8. The third-order valence-corrected chi connectivity index (χ3v) is 4.55. The zero-order valence-electron chi connectivity index (χ0n) is 14.8. The molecule has 0 aliphatic carbocycles. The number of nitrogens with zero attached hydrogens (tertiary/aromatic N) is 1. The lowest BCUT2D eigenvalue weighted by Crippen LogP contribution is -2.60. The number of rotatable bonds is 8. The van der Waals surface area contributed by atoms with Crippen molar-refractivity contribution >= 4 is 5.97 Å². The van der Waals surface area contributed by atoms with Gasteiger partial charge < -0.3 is 15.6 Å². The Kier molecular flexibility index (Phi) is 6.70. The second-order valence-corrected chi connectivity index (χ2v) is 6.17. The summed E-state index contributed by atoms with van der Waals surface area (Å²) in [5, 5.41) is 10.8. The molecule has 2 unspecified atom stereocenters. The predicted molar refractivity (Wildman–Crippen MR) is 97.6 cm³/mol. The molecule has 0 saturated carbocycles. The highest BCUT2D eigenvalue weighted by molar-refractivity contribution is 5.80. The predicted octanol–water partition coefficient (Wildman–Crippen LogP) is 1.94. The van der Waals surface area contributed by atoms with Crippen LogP contribution in [0.25, 0.3) is 0 Å². The highest BCUT2D eigenvalue weighted by Gasteiger charge is 2.44. The Bertz CT molecular complexity index is 622. The molecule has 0 aliphatic rings. The summed E-state index contributed by atoms with van der Waals surface area (Å²) in [5.41, 5.74) is 6.15. The van der Waals surface area contributed by atoms with Crippen LogP contribution in [-0.2, 0) is 22.6 Å². The van der Waals surface area contributed by atoms with Gasteiger partial charge in [0.15, 0.2) is 5.60 Å². The van der Waals surface area contributed by atoms with Crippen molar-refractivity contribution in [2.45, 2.75) is 31.7 Å². The Morgan fingerprint density at radius 3 is 1.88 bits per heavy atom. The van der Waals surface area contributed by atoms with E-state index in [1.807, 2.05) is 65.6 Å². The first-order chi connectivity index (χ1) is 12.0. The third kappa shape index (κ3) is 4.66. The molecule has 0 aromatic heterocycles. The molecule has 134 valence electrons. The molecular weight excluding hydrogens is 316 g/mol. The van der Waals surface area contributed by atoms with Crippen LogP contribution in [0.3, 0.4) is 0 Å². The number of methoxy groups -OCH3 is 1. The summed E-state index contributed by atoms with van der Waals surface area (Å²) in [7, 11) is 1.26. The molecule has 0 saturated heterocycles. The standard InChI is InChI=1S/C20H26N2O3/c1-16(20(24,15-21)19(23)25-2)22(13-17-9-5-3-6-10-17)14-18-11-7-4-8-12-18/h3-12,16,24H,13-15,21H2,1-2H3. The Morgan fingerprint density at radius 1 is 1.08 bits per heavy atom. The second-order valence-electron chi connectivity index (χ2n) is 6.17. The van der Waals surface area contributed by atoms with E-state index in [4.69, 9.17) is 10.5 Å². The number of aliphatic hydroxyl groups is 1. The summed E-state index contributed by atoms with van der Waals surface area (Å²) in [5.74, 6) is -0.714. The van der Waals surface area contributed by atoms with Gasteiger partial charge in [-0.25, -0.2) is 4.79 Å². The molecule has 2 aromatic rings. The molecule has 0 aliphatic heterocycles. The first-order valence-corrected chi connectivity index (χ1v) is 8.34. The molecule has 2 aromatic carbocycles. The van der Waals surface area contributed by atoms with Gasteiger partial charge >= 0.3 is 5.97 Å². The van der Waals surface area contributed by atoms with Crippen LogP contribution < -0.4 is 5.73 Å². The second kappa shape index (κ2) is 8.76. The molecule has 0 bridgehead atoms. The molecule has 2 rings (SSSR count). The smallest absolute Gasteiger partial charge is 0.340 e. The topological polar surface area (TPSA) is 75.8 Å². The molecule has 0 heterocycles. The SMILES string of the molecule is COC(=O)C(O)(CN)C(C)N(Cc1ccccc1)Cc1ccccc1. The molecule has 5 nitrogen and oxygen atoms in total. The lowest BCUT2D eigenvalue weighted by molar-refractivity contribution is -0.169. The monoisotopic (exact) mass is 342 g/mol. The van der Waals surface area contributed by atoms with Crippen LogP contribution in [-0.4, -0.2) is 41.3 Å². The maximum atomic E-state index is 12.1. The van der Waals surface area contributed by atoms with Crippen LogP contribution >= 0.6 is 0 Å². The van der Waals surface area contributed by atoms with Crippen molar-refractivity contribution in [3.8, 4) is 0 Å². The number of carbonyl (C=O) groups excluding carboxylic acids is 1. The molecule has 5 heteroatoms. The van der Waals surface area contributed by atoms with Gasteiger partial charge in [-0.05, 0) is 18.1 Å². The Hall–Kier alpha value is -2.21. The maximum Gasteiger partial charge on any atom is 0.340 e. The summed E-state index contributed by atoms with van der Waals surface area (Å²) in [6.45, 7) is 2.75. The quantitative estimate of drug-likeness (QED) is 0.717. The number of ether oxygens (including phenoxy) is 1. The van der Waals surface area contributed by atoms with Gasteiger partial charge in [0.1, 0.15) is 0 Å². The summed E-state index contributed by atoms with van der Waals surface area (Å²) in [6, 6.07) is 19.3. The first-order valence-electron chi connectivity index (χ1n) is 8.34. The maximum absolute atomic E-state index is 12.1. The highest BCUT2D eigenvalue weighted by Crippen LogP contribution is 2.22.